The second-order valence-corrected chi connectivity index (χ2v) is 5.39. The molecule has 0 fully saturated rings. The number of ether oxygens (including phenoxy) is 1. The lowest BCUT2D eigenvalue weighted by Crippen LogP contribution is -2.07. The van der Waals surface area contributed by atoms with Crippen molar-refractivity contribution < 1.29 is 4.74 Å². The van der Waals surface area contributed by atoms with Gasteiger partial charge in [0.2, 0.25) is 0 Å². The highest BCUT2D eigenvalue weighted by Crippen LogP contribution is 2.30. The van der Waals surface area contributed by atoms with Gasteiger partial charge in [-0.05, 0) is 12.1 Å². The quantitative estimate of drug-likeness (QED) is 0.921. The first kappa shape index (κ1) is 15.0. The summed E-state index contributed by atoms with van der Waals surface area (Å²) in [5.74, 6) is 2.07. The summed E-state index contributed by atoms with van der Waals surface area (Å²) in [7, 11) is 0. The van der Waals surface area contributed by atoms with E-state index in [4.69, 9.17) is 33.7 Å². The van der Waals surface area contributed by atoms with Gasteiger partial charge in [-0.15, -0.1) is 0 Å². The standard InChI is InChI=1S/C14H15Cl2N3O/c1-8(2)14-18-7-13(12(6-17)19-14)20-9-3-4-10(15)11(16)5-9/h3-5,7-8H,6,17H2,1-2H3. The fraction of sp³-hybridized carbons (Fsp3) is 0.286. The zero-order valence-corrected chi connectivity index (χ0v) is 12.7. The Bertz CT molecular complexity index is 617. The van der Waals surface area contributed by atoms with E-state index in [1.165, 1.54) is 0 Å². The highest BCUT2D eigenvalue weighted by molar-refractivity contribution is 6.42. The molecule has 0 amide bonds. The number of nitrogens with two attached hydrogens (primary N) is 1. The number of aromatic nitrogens is 2. The maximum Gasteiger partial charge on any atom is 0.168 e. The Morgan fingerprint density at radius 2 is 2.00 bits per heavy atom. The van der Waals surface area contributed by atoms with E-state index in [1.807, 2.05) is 13.8 Å². The lowest BCUT2D eigenvalue weighted by atomic mass is 10.2. The van der Waals surface area contributed by atoms with Gasteiger partial charge in [0.1, 0.15) is 17.3 Å². The van der Waals surface area contributed by atoms with Crippen molar-refractivity contribution in [3.63, 3.8) is 0 Å². The SMILES string of the molecule is CC(C)c1ncc(Oc2ccc(Cl)c(Cl)c2)c(CN)n1. The van der Waals surface area contributed by atoms with E-state index >= 15 is 0 Å². The molecule has 0 aliphatic rings. The van der Waals surface area contributed by atoms with Crippen LogP contribution < -0.4 is 10.5 Å². The number of rotatable bonds is 4. The third-order valence-corrected chi connectivity index (χ3v) is 3.42. The maximum absolute atomic E-state index is 5.95. The van der Waals surface area contributed by atoms with Crippen molar-refractivity contribution in [3.05, 3.63) is 46.0 Å². The molecule has 0 saturated heterocycles. The van der Waals surface area contributed by atoms with Crippen molar-refractivity contribution in [2.45, 2.75) is 26.3 Å². The minimum absolute atomic E-state index is 0.235. The van der Waals surface area contributed by atoms with Crippen LogP contribution in [0.3, 0.4) is 0 Å². The van der Waals surface area contributed by atoms with E-state index in [0.29, 0.717) is 27.2 Å². The maximum atomic E-state index is 5.95. The predicted octanol–water partition coefficient (Wildman–Crippen LogP) is 4.16. The largest absolute Gasteiger partial charge is 0.454 e. The summed E-state index contributed by atoms with van der Waals surface area (Å²) in [6.45, 7) is 4.32. The Morgan fingerprint density at radius 3 is 2.60 bits per heavy atom. The van der Waals surface area contributed by atoms with Gasteiger partial charge in [0.25, 0.3) is 0 Å². The molecule has 2 N–H and O–H groups in total. The van der Waals surface area contributed by atoms with E-state index < -0.39 is 0 Å². The molecule has 6 heteroatoms. The Balaban J connectivity index is 2.30. The third kappa shape index (κ3) is 3.39. The van der Waals surface area contributed by atoms with E-state index in [-0.39, 0.29) is 12.5 Å². The summed E-state index contributed by atoms with van der Waals surface area (Å²) in [5, 5.41) is 0.905. The van der Waals surface area contributed by atoms with Crippen LogP contribution in [-0.2, 0) is 6.54 Å². The van der Waals surface area contributed by atoms with Gasteiger partial charge in [0.05, 0.1) is 16.2 Å². The van der Waals surface area contributed by atoms with Gasteiger partial charge in [-0.1, -0.05) is 37.0 Å². The van der Waals surface area contributed by atoms with Crippen LogP contribution in [0.5, 0.6) is 11.5 Å². The average Bonchev–Trinajstić information content (AvgIpc) is 2.43. The zero-order valence-electron chi connectivity index (χ0n) is 11.2. The number of hydrogen-bond acceptors (Lipinski definition) is 4. The smallest absolute Gasteiger partial charge is 0.168 e. The minimum atomic E-state index is 0.235. The van der Waals surface area contributed by atoms with Crippen LogP contribution >= 0.6 is 23.2 Å². The predicted molar refractivity (Wildman–Crippen MR) is 80.5 cm³/mol. The molecule has 106 valence electrons. The molecule has 0 aliphatic carbocycles. The van der Waals surface area contributed by atoms with Crippen molar-refractivity contribution in [2.75, 3.05) is 0 Å². The molecule has 0 bridgehead atoms. The van der Waals surface area contributed by atoms with Crippen LogP contribution in [-0.4, -0.2) is 9.97 Å². The molecule has 0 spiro atoms. The van der Waals surface area contributed by atoms with E-state index in [2.05, 4.69) is 9.97 Å². The van der Waals surface area contributed by atoms with Crippen molar-refractivity contribution >= 4 is 23.2 Å². The fourth-order valence-electron chi connectivity index (χ4n) is 1.60. The summed E-state index contributed by atoms with van der Waals surface area (Å²) in [6.07, 6.45) is 1.63. The van der Waals surface area contributed by atoms with E-state index in [9.17, 15) is 0 Å². The lowest BCUT2D eigenvalue weighted by Gasteiger charge is -2.12. The van der Waals surface area contributed by atoms with Crippen molar-refractivity contribution in [2.24, 2.45) is 5.73 Å². The topological polar surface area (TPSA) is 61.0 Å². The number of halogens is 2. The Kier molecular flexibility index (Phi) is 4.81. The van der Waals surface area contributed by atoms with Crippen LogP contribution in [0.25, 0.3) is 0 Å². The summed E-state index contributed by atoms with van der Waals surface area (Å²) < 4.78 is 5.72. The molecule has 0 radical (unpaired) electrons. The second kappa shape index (κ2) is 6.39. The van der Waals surface area contributed by atoms with Crippen molar-refractivity contribution in [3.8, 4) is 11.5 Å². The minimum Gasteiger partial charge on any atom is -0.454 e. The molecule has 4 nitrogen and oxygen atoms in total. The van der Waals surface area contributed by atoms with Gasteiger partial charge in [-0.25, -0.2) is 9.97 Å². The first-order chi connectivity index (χ1) is 9.51. The summed E-state index contributed by atoms with van der Waals surface area (Å²) in [4.78, 5) is 8.68. The molecule has 1 aromatic heterocycles. The third-order valence-electron chi connectivity index (χ3n) is 2.68. The van der Waals surface area contributed by atoms with Crippen LogP contribution in [0.15, 0.2) is 24.4 Å². The second-order valence-electron chi connectivity index (χ2n) is 4.58. The molecule has 20 heavy (non-hydrogen) atoms. The molecule has 0 aliphatic heterocycles. The number of nitrogens with zero attached hydrogens (tertiary/aromatic N) is 2. The summed E-state index contributed by atoms with van der Waals surface area (Å²) in [6, 6.07) is 5.04. The molecule has 1 heterocycles. The monoisotopic (exact) mass is 311 g/mol. The highest BCUT2D eigenvalue weighted by Gasteiger charge is 2.11. The molecule has 0 atom stereocenters. The fourth-order valence-corrected chi connectivity index (χ4v) is 1.89. The van der Waals surface area contributed by atoms with Crippen LogP contribution in [0, 0.1) is 0 Å². The van der Waals surface area contributed by atoms with Gasteiger partial charge in [-0.3, -0.25) is 0 Å². The van der Waals surface area contributed by atoms with Crippen molar-refractivity contribution in [1.82, 2.24) is 9.97 Å². The van der Waals surface area contributed by atoms with E-state index in [0.717, 1.165) is 5.82 Å². The van der Waals surface area contributed by atoms with Gasteiger partial charge >= 0.3 is 0 Å². The first-order valence-electron chi connectivity index (χ1n) is 6.20. The molecule has 0 unspecified atom stereocenters. The normalized spacial score (nSPS) is 10.9. The van der Waals surface area contributed by atoms with Gasteiger partial charge < -0.3 is 10.5 Å². The van der Waals surface area contributed by atoms with Crippen LogP contribution in [0.4, 0.5) is 0 Å². The summed E-state index contributed by atoms with van der Waals surface area (Å²) >= 11 is 11.8. The highest BCUT2D eigenvalue weighted by atomic mass is 35.5. The Labute approximate surface area is 127 Å². The first-order valence-corrected chi connectivity index (χ1v) is 6.95. The average molecular weight is 312 g/mol. The molecule has 2 aromatic rings. The van der Waals surface area contributed by atoms with Crippen molar-refractivity contribution in [1.29, 1.82) is 0 Å². The number of hydrogen-bond donors (Lipinski definition) is 1. The summed E-state index contributed by atoms with van der Waals surface area (Å²) in [5.41, 5.74) is 6.37. The lowest BCUT2D eigenvalue weighted by molar-refractivity contribution is 0.467. The molecule has 1 aromatic carbocycles. The van der Waals surface area contributed by atoms with E-state index in [1.54, 1.807) is 24.4 Å². The molecule has 2 rings (SSSR count). The van der Waals surface area contributed by atoms with Gasteiger partial charge in [-0.2, -0.15) is 0 Å². The van der Waals surface area contributed by atoms with Gasteiger partial charge in [0, 0.05) is 18.5 Å². The van der Waals surface area contributed by atoms with Crippen LogP contribution in [0.1, 0.15) is 31.3 Å². The zero-order chi connectivity index (χ0) is 14.7. The number of benzene rings is 1. The van der Waals surface area contributed by atoms with Crippen LogP contribution in [0.2, 0.25) is 10.0 Å². The molecular weight excluding hydrogens is 297 g/mol. The molecular formula is C14H15Cl2N3O. The molecule has 0 saturated carbocycles. The van der Waals surface area contributed by atoms with Gasteiger partial charge in [0.15, 0.2) is 5.75 Å². The Hall–Kier alpha value is -1.36. The Morgan fingerprint density at radius 1 is 1.25 bits per heavy atom.